The van der Waals surface area contributed by atoms with Crippen LogP contribution in [0.15, 0.2) is 47.1 Å². The third kappa shape index (κ3) is 4.27. The maximum absolute atomic E-state index is 13.0. The predicted molar refractivity (Wildman–Crippen MR) is 155 cm³/mol. The lowest BCUT2D eigenvalue weighted by Gasteiger charge is -2.55. The topological polar surface area (TPSA) is 84.9 Å². The fourth-order valence-electron chi connectivity index (χ4n) is 9.67. The number of allylic oxidation sites excluding steroid dienone is 2. The summed E-state index contributed by atoms with van der Waals surface area (Å²) in [6.45, 7) is 6.20. The van der Waals surface area contributed by atoms with Crippen molar-refractivity contribution >= 4 is 22.6 Å². The first kappa shape index (κ1) is 26.4. The number of para-hydroxylation sites is 1. The summed E-state index contributed by atoms with van der Waals surface area (Å²) >= 11 is 0. The number of hydrogen-bond acceptors (Lipinski definition) is 6. The number of hydrogen-bond donors (Lipinski definition) is 2. The van der Waals surface area contributed by atoms with Crippen molar-refractivity contribution in [3.8, 4) is 0 Å². The molecule has 0 spiro atoms. The van der Waals surface area contributed by atoms with Crippen LogP contribution < -0.4 is 5.32 Å². The van der Waals surface area contributed by atoms with Gasteiger partial charge in [-0.25, -0.2) is 4.79 Å². The zero-order chi connectivity index (χ0) is 27.5. The van der Waals surface area contributed by atoms with Gasteiger partial charge in [-0.05, 0) is 118 Å². The molecule has 1 saturated heterocycles. The highest BCUT2D eigenvalue weighted by Gasteiger charge is 2.61. The van der Waals surface area contributed by atoms with Crippen LogP contribution in [0.4, 0.5) is 0 Å². The van der Waals surface area contributed by atoms with Crippen LogP contribution in [0.5, 0.6) is 0 Å². The van der Waals surface area contributed by atoms with Gasteiger partial charge in [0.2, 0.25) is 0 Å². The maximum atomic E-state index is 13.0. The van der Waals surface area contributed by atoms with Gasteiger partial charge < -0.3 is 24.6 Å². The van der Waals surface area contributed by atoms with E-state index in [0.29, 0.717) is 17.3 Å². The van der Waals surface area contributed by atoms with Crippen molar-refractivity contribution in [2.24, 2.45) is 40.2 Å². The fourth-order valence-corrected chi connectivity index (χ4v) is 9.67. The number of nitrogens with one attached hydrogen (secondary N) is 2. The van der Waals surface area contributed by atoms with Crippen LogP contribution in [0.2, 0.25) is 0 Å². The second-order valence-electron chi connectivity index (χ2n) is 13.3. The minimum absolute atomic E-state index is 0.311. The minimum atomic E-state index is -0.592. The van der Waals surface area contributed by atoms with Crippen molar-refractivity contribution in [1.82, 2.24) is 10.3 Å². The molecule has 4 aliphatic carbocycles. The van der Waals surface area contributed by atoms with Crippen molar-refractivity contribution in [3.63, 3.8) is 0 Å². The van der Waals surface area contributed by atoms with E-state index in [4.69, 9.17) is 14.3 Å². The molecule has 1 aliphatic heterocycles. The number of aromatic nitrogens is 1. The normalized spacial score (nSPS) is 36.5. The Hall–Kier alpha value is -2.48. The van der Waals surface area contributed by atoms with Crippen LogP contribution in [0, 0.1) is 35.0 Å². The summed E-state index contributed by atoms with van der Waals surface area (Å²) in [4.78, 5) is 21.8. The Morgan fingerprint density at radius 3 is 2.70 bits per heavy atom. The molecule has 2 aromatic rings. The average Bonchev–Trinajstić information content (AvgIpc) is 3.68. The summed E-state index contributed by atoms with van der Waals surface area (Å²) in [7, 11) is 1.77. The molecule has 2 heterocycles. The third-order valence-corrected chi connectivity index (χ3v) is 11.4. The van der Waals surface area contributed by atoms with Gasteiger partial charge in [0.25, 0.3) is 0 Å². The second kappa shape index (κ2) is 10.1. The number of ether oxygens (including phenoxy) is 2. The Balaban J connectivity index is 1.03. The van der Waals surface area contributed by atoms with Crippen LogP contribution in [-0.4, -0.2) is 42.7 Å². The van der Waals surface area contributed by atoms with E-state index in [1.165, 1.54) is 37.7 Å². The Labute approximate surface area is 237 Å². The number of nitrogens with zero attached hydrogens (tertiary/aromatic N) is 1. The van der Waals surface area contributed by atoms with Gasteiger partial charge in [-0.2, -0.15) is 0 Å². The largest absolute Gasteiger partial charge is 0.357 e. The van der Waals surface area contributed by atoms with Gasteiger partial charge in [-0.15, -0.1) is 0 Å². The van der Waals surface area contributed by atoms with Crippen molar-refractivity contribution in [2.45, 2.75) is 77.0 Å². The highest BCUT2D eigenvalue weighted by atomic mass is 16.7. The quantitative estimate of drug-likeness (QED) is 0.341. The molecular weight excluding hydrogens is 502 g/mol. The van der Waals surface area contributed by atoms with Crippen LogP contribution in [0.1, 0.15) is 76.9 Å². The Morgan fingerprint density at radius 2 is 1.90 bits per heavy atom. The third-order valence-electron chi connectivity index (χ3n) is 11.4. The smallest absolute Gasteiger partial charge is 0.357 e. The van der Waals surface area contributed by atoms with Crippen molar-refractivity contribution in [3.05, 3.63) is 47.7 Å². The van der Waals surface area contributed by atoms with Crippen molar-refractivity contribution in [1.29, 1.82) is 0 Å². The Bertz CT molecular complexity index is 1310. The number of carbonyl (C=O) groups is 1. The number of oxime groups is 1. The monoisotopic (exact) mass is 545 g/mol. The molecule has 3 saturated carbocycles. The summed E-state index contributed by atoms with van der Waals surface area (Å²) in [6, 6.07) is 9.41. The lowest BCUT2D eigenvalue weighted by molar-refractivity contribution is -0.213. The summed E-state index contributed by atoms with van der Waals surface area (Å²) in [6.07, 6.45) is 11.7. The number of benzene rings is 1. The van der Waals surface area contributed by atoms with Crippen LogP contribution in [0.3, 0.4) is 0 Å². The first-order valence-corrected chi connectivity index (χ1v) is 15.4. The minimum Gasteiger partial charge on any atom is -0.357 e. The number of likely N-dealkylation sites (N-methyl/N-ethyl adjacent to an activating group) is 1. The highest BCUT2D eigenvalue weighted by molar-refractivity contribution is 5.96. The molecule has 7 nitrogen and oxygen atoms in total. The first-order chi connectivity index (χ1) is 19.4. The summed E-state index contributed by atoms with van der Waals surface area (Å²) in [5.41, 5.74) is 4.52. The van der Waals surface area contributed by atoms with Gasteiger partial charge in [0.15, 0.2) is 5.79 Å². The molecule has 2 N–H and O–H groups in total. The van der Waals surface area contributed by atoms with E-state index in [1.54, 1.807) is 7.05 Å². The zero-order valence-corrected chi connectivity index (χ0v) is 24.1. The molecular formula is C33H43N3O4. The molecule has 40 heavy (non-hydrogen) atoms. The lowest BCUT2D eigenvalue weighted by Crippen LogP contribution is -2.51. The van der Waals surface area contributed by atoms with E-state index in [-0.39, 0.29) is 0 Å². The molecule has 7 heteroatoms. The number of carbonyl (C=O) groups excluding carboxylic acids is 1. The molecule has 0 bridgehead atoms. The van der Waals surface area contributed by atoms with Crippen molar-refractivity contribution < 1.29 is 19.1 Å². The molecule has 7 unspecified atom stereocenters. The van der Waals surface area contributed by atoms with E-state index in [9.17, 15) is 4.79 Å². The van der Waals surface area contributed by atoms with Crippen LogP contribution in [0.25, 0.3) is 10.9 Å². The fraction of sp³-hybridized carbons (Fsp3) is 0.636. The van der Waals surface area contributed by atoms with E-state index in [1.807, 2.05) is 30.3 Å². The second-order valence-corrected chi connectivity index (χ2v) is 13.3. The Kier molecular flexibility index (Phi) is 6.68. The summed E-state index contributed by atoms with van der Waals surface area (Å²) in [5.74, 6) is 2.66. The van der Waals surface area contributed by atoms with Crippen LogP contribution >= 0.6 is 0 Å². The van der Waals surface area contributed by atoms with Crippen molar-refractivity contribution in [2.75, 3.05) is 20.3 Å². The molecule has 7 atom stereocenters. The van der Waals surface area contributed by atoms with E-state index in [0.717, 1.165) is 72.5 Å². The molecule has 1 aromatic carbocycles. The number of fused-ring (bicyclic) bond motifs is 6. The molecule has 214 valence electrons. The van der Waals surface area contributed by atoms with Gasteiger partial charge in [0.05, 0.1) is 18.9 Å². The van der Waals surface area contributed by atoms with E-state index in [2.05, 4.69) is 35.4 Å². The SMILES string of the molecule is CNC(C(=O)ON=C1C=C2CCC3C(CCC4(C)C3CCC4C3(C)OCCO3)C2CC1)c1cc2ccccc2[nH]1. The van der Waals surface area contributed by atoms with E-state index >= 15 is 0 Å². The summed E-state index contributed by atoms with van der Waals surface area (Å²) in [5, 5.41) is 8.51. The van der Waals surface area contributed by atoms with Gasteiger partial charge in [-0.1, -0.05) is 35.9 Å². The molecule has 0 radical (unpaired) electrons. The molecule has 1 aromatic heterocycles. The van der Waals surface area contributed by atoms with E-state index < -0.39 is 17.8 Å². The molecule has 4 fully saturated rings. The highest BCUT2D eigenvalue weighted by Crippen LogP contribution is 2.66. The lowest BCUT2D eigenvalue weighted by atomic mass is 9.51. The maximum Gasteiger partial charge on any atom is 0.357 e. The van der Waals surface area contributed by atoms with Gasteiger partial charge >= 0.3 is 5.97 Å². The predicted octanol–water partition coefficient (Wildman–Crippen LogP) is 6.28. The summed E-state index contributed by atoms with van der Waals surface area (Å²) < 4.78 is 12.4. The molecule has 0 amide bonds. The van der Waals surface area contributed by atoms with Crippen LogP contribution in [-0.2, 0) is 19.1 Å². The zero-order valence-electron chi connectivity index (χ0n) is 24.1. The van der Waals surface area contributed by atoms with Gasteiger partial charge in [-0.3, -0.25) is 0 Å². The number of rotatable bonds is 5. The number of H-pyrrole nitrogens is 1. The van der Waals surface area contributed by atoms with Gasteiger partial charge in [0, 0.05) is 17.1 Å². The standard InChI is InChI=1S/C33H43N3O4/c1-32-15-14-24-23-11-9-22(36-40-31(37)30(34-3)28-19-21-6-4-5-7-27(21)35-28)18-20(23)8-10-25(24)26(32)12-13-29(32)33(2)38-16-17-39-33/h4-7,18-19,23-26,29-30,34-35H,8-17H2,1-3H3. The first-order valence-electron chi connectivity index (χ1n) is 15.4. The molecule has 5 aliphatic rings. The molecule has 7 rings (SSSR count). The number of aromatic amines is 1. The van der Waals surface area contributed by atoms with Gasteiger partial charge in [0.1, 0.15) is 6.04 Å². The average molecular weight is 546 g/mol. The Morgan fingerprint density at radius 1 is 1.07 bits per heavy atom.